The molecule has 2 amide bonds. The molecule has 0 unspecified atom stereocenters. The van der Waals surface area contributed by atoms with Gasteiger partial charge in [0.1, 0.15) is 23.6 Å². The first-order valence-corrected chi connectivity index (χ1v) is 16.2. The molecule has 242 valence electrons. The lowest BCUT2D eigenvalue weighted by Gasteiger charge is -2.40. The predicted octanol–water partition coefficient (Wildman–Crippen LogP) is 3.29. The SMILES string of the molecule is O=C(Nc1cn(CC(=O)N2CCC(N3CCOCC3)CC2)nc1-c1cc2c(cc1OC(F)F)NCCS2)c1cnn2cccnc12. The largest absolute Gasteiger partial charge is 0.434 e. The number of nitrogens with one attached hydrogen (secondary N) is 2. The fraction of sp³-hybridized carbons (Fsp3) is 0.433. The Kier molecular flexibility index (Phi) is 8.73. The molecule has 0 saturated carbocycles. The van der Waals surface area contributed by atoms with E-state index in [9.17, 15) is 18.4 Å². The first kappa shape index (κ1) is 30.4. The van der Waals surface area contributed by atoms with E-state index in [1.165, 1.54) is 21.5 Å². The smallest absolute Gasteiger partial charge is 0.387 e. The summed E-state index contributed by atoms with van der Waals surface area (Å²) in [6, 6.07) is 5.36. The quantitative estimate of drug-likeness (QED) is 0.292. The van der Waals surface area contributed by atoms with Gasteiger partial charge in [0.2, 0.25) is 5.91 Å². The Balaban J connectivity index is 1.17. The summed E-state index contributed by atoms with van der Waals surface area (Å²) in [7, 11) is 0. The summed E-state index contributed by atoms with van der Waals surface area (Å²) in [4.78, 5) is 36.3. The highest BCUT2D eigenvalue weighted by Gasteiger charge is 2.29. The number of amides is 2. The normalized spacial score (nSPS) is 17.6. The van der Waals surface area contributed by atoms with Gasteiger partial charge in [-0.25, -0.2) is 9.50 Å². The van der Waals surface area contributed by atoms with Crippen molar-refractivity contribution in [2.24, 2.45) is 0 Å². The Hall–Kier alpha value is -4.28. The number of morpholine rings is 1. The number of aromatic nitrogens is 5. The van der Waals surface area contributed by atoms with Crippen LogP contribution in [0.4, 0.5) is 20.2 Å². The molecule has 16 heteroatoms. The van der Waals surface area contributed by atoms with Crippen LogP contribution in [0.1, 0.15) is 23.2 Å². The highest BCUT2D eigenvalue weighted by Crippen LogP contribution is 2.43. The van der Waals surface area contributed by atoms with Crippen LogP contribution in [0.15, 0.2) is 47.9 Å². The van der Waals surface area contributed by atoms with Gasteiger partial charge in [-0.1, -0.05) is 0 Å². The number of carbonyl (C=O) groups excluding carboxylic acids is 2. The Bertz CT molecular complexity index is 1730. The summed E-state index contributed by atoms with van der Waals surface area (Å²) in [5.41, 5.74) is 1.93. The summed E-state index contributed by atoms with van der Waals surface area (Å²) < 4.78 is 40.5. The van der Waals surface area contributed by atoms with Gasteiger partial charge < -0.3 is 25.0 Å². The number of alkyl halides is 2. The zero-order valence-corrected chi connectivity index (χ0v) is 25.7. The van der Waals surface area contributed by atoms with Gasteiger partial charge >= 0.3 is 6.61 Å². The van der Waals surface area contributed by atoms with E-state index in [0.29, 0.717) is 37.0 Å². The van der Waals surface area contributed by atoms with Gasteiger partial charge in [0.25, 0.3) is 5.91 Å². The number of benzene rings is 1. The third kappa shape index (κ3) is 6.37. The minimum Gasteiger partial charge on any atom is -0.434 e. The number of thioether (sulfide) groups is 1. The van der Waals surface area contributed by atoms with Crippen molar-refractivity contribution in [3.05, 3.63) is 48.5 Å². The zero-order valence-electron chi connectivity index (χ0n) is 24.9. The summed E-state index contributed by atoms with van der Waals surface area (Å²) in [6.45, 7) is 2.04. The predicted molar refractivity (Wildman–Crippen MR) is 166 cm³/mol. The Morgan fingerprint density at radius 2 is 2.00 bits per heavy atom. The van der Waals surface area contributed by atoms with Crippen LogP contribution in [0.25, 0.3) is 16.9 Å². The number of anilines is 2. The van der Waals surface area contributed by atoms with Crippen molar-refractivity contribution in [1.29, 1.82) is 0 Å². The van der Waals surface area contributed by atoms with E-state index in [4.69, 9.17) is 9.47 Å². The molecule has 7 rings (SSSR count). The number of fused-ring (bicyclic) bond motifs is 2. The average molecular weight is 654 g/mol. The number of piperidine rings is 1. The van der Waals surface area contributed by atoms with Crippen LogP contribution in [0.3, 0.4) is 0 Å². The molecule has 0 aliphatic carbocycles. The number of ether oxygens (including phenoxy) is 2. The van der Waals surface area contributed by atoms with Crippen molar-refractivity contribution in [3.8, 4) is 17.0 Å². The Labute approximate surface area is 267 Å². The number of hydrogen-bond donors (Lipinski definition) is 2. The summed E-state index contributed by atoms with van der Waals surface area (Å²) in [5, 5.41) is 14.9. The molecule has 0 bridgehead atoms. The molecule has 0 atom stereocenters. The molecule has 3 aromatic heterocycles. The topological polar surface area (TPSA) is 131 Å². The summed E-state index contributed by atoms with van der Waals surface area (Å²) in [5.74, 6) is 0.0567. The van der Waals surface area contributed by atoms with Crippen molar-refractivity contribution in [2.45, 2.75) is 36.9 Å². The molecular weight excluding hydrogens is 620 g/mol. The van der Waals surface area contributed by atoms with Crippen LogP contribution >= 0.6 is 11.8 Å². The van der Waals surface area contributed by atoms with Crippen LogP contribution in [0.2, 0.25) is 0 Å². The maximum absolute atomic E-state index is 13.6. The minimum absolute atomic E-state index is 0.0877. The fourth-order valence-corrected chi connectivity index (χ4v) is 7.09. The van der Waals surface area contributed by atoms with Gasteiger partial charge in [-0.3, -0.25) is 19.2 Å². The van der Waals surface area contributed by atoms with Gasteiger partial charge in [-0.2, -0.15) is 19.0 Å². The fourth-order valence-electron chi connectivity index (χ4n) is 6.17. The van der Waals surface area contributed by atoms with Gasteiger partial charge in [-0.05, 0) is 25.0 Å². The van der Waals surface area contributed by atoms with Gasteiger partial charge in [-0.15, -0.1) is 11.8 Å². The second-order valence-corrected chi connectivity index (χ2v) is 12.4. The number of hydrogen-bond acceptors (Lipinski definition) is 10. The number of nitrogens with zero attached hydrogens (tertiary/aromatic N) is 7. The molecule has 46 heavy (non-hydrogen) atoms. The Morgan fingerprint density at radius 3 is 2.80 bits per heavy atom. The van der Waals surface area contributed by atoms with Gasteiger partial charge in [0.05, 0.1) is 30.8 Å². The van der Waals surface area contributed by atoms with Crippen LogP contribution in [0.5, 0.6) is 5.75 Å². The zero-order chi connectivity index (χ0) is 31.6. The van der Waals surface area contributed by atoms with Gasteiger partial charge in [0.15, 0.2) is 5.65 Å². The average Bonchev–Trinajstić information content (AvgIpc) is 3.68. The summed E-state index contributed by atoms with van der Waals surface area (Å²) >= 11 is 1.57. The van der Waals surface area contributed by atoms with Crippen LogP contribution in [-0.2, 0) is 16.1 Å². The van der Waals surface area contributed by atoms with Crippen molar-refractivity contribution in [2.75, 3.05) is 62.3 Å². The maximum Gasteiger partial charge on any atom is 0.387 e. The number of halogens is 2. The van der Waals surface area contributed by atoms with E-state index in [1.807, 2.05) is 4.90 Å². The maximum atomic E-state index is 13.6. The first-order chi connectivity index (χ1) is 22.4. The number of likely N-dealkylation sites (tertiary alicyclic amines) is 1. The molecule has 13 nitrogen and oxygen atoms in total. The third-order valence-electron chi connectivity index (χ3n) is 8.44. The van der Waals surface area contributed by atoms with E-state index in [2.05, 4.69) is 30.7 Å². The second-order valence-electron chi connectivity index (χ2n) is 11.2. The van der Waals surface area contributed by atoms with E-state index in [1.54, 1.807) is 42.5 Å². The molecule has 0 spiro atoms. The molecule has 4 aromatic rings. The lowest BCUT2D eigenvalue weighted by Crippen LogP contribution is -2.50. The standard InChI is InChI=1S/C30H33F2N9O4S/c31-30(32)45-24-15-22-25(46-13-5-33-22)14-20(24)27-23(36-29(43)21-16-35-41-6-1-4-34-28(21)41)17-40(37-27)18-26(42)39-7-2-19(3-8-39)38-9-11-44-12-10-38/h1,4,6,14-17,19,30,33H,2-3,5,7-13,18H2,(H,36,43). The molecule has 1 aromatic carbocycles. The molecule has 2 saturated heterocycles. The molecular formula is C30H33F2N9O4S. The van der Waals surface area contributed by atoms with E-state index >= 15 is 0 Å². The third-order valence-corrected chi connectivity index (χ3v) is 9.50. The monoisotopic (exact) mass is 653 g/mol. The van der Waals surface area contributed by atoms with Crippen molar-refractivity contribution in [1.82, 2.24) is 34.2 Å². The van der Waals surface area contributed by atoms with Crippen LogP contribution in [0, 0.1) is 0 Å². The molecule has 2 fully saturated rings. The van der Waals surface area contributed by atoms with Crippen molar-refractivity contribution < 1.29 is 27.8 Å². The van der Waals surface area contributed by atoms with E-state index in [-0.39, 0.29) is 40.7 Å². The van der Waals surface area contributed by atoms with Crippen LogP contribution in [-0.4, -0.2) is 110 Å². The molecule has 2 N–H and O–H groups in total. The lowest BCUT2D eigenvalue weighted by atomic mass is 10.0. The molecule has 6 heterocycles. The van der Waals surface area contributed by atoms with E-state index < -0.39 is 12.5 Å². The van der Waals surface area contributed by atoms with Gasteiger partial charge in [0, 0.05) is 79.6 Å². The first-order valence-electron chi connectivity index (χ1n) is 15.2. The van der Waals surface area contributed by atoms with E-state index in [0.717, 1.165) is 49.8 Å². The molecule has 0 radical (unpaired) electrons. The van der Waals surface area contributed by atoms with Crippen LogP contribution < -0.4 is 15.4 Å². The highest BCUT2D eigenvalue weighted by molar-refractivity contribution is 7.99. The summed E-state index contributed by atoms with van der Waals surface area (Å²) in [6.07, 6.45) is 7.92. The highest BCUT2D eigenvalue weighted by atomic mass is 32.2. The number of rotatable bonds is 8. The molecule has 3 aliphatic rings. The van der Waals surface area contributed by atoms with Crippen molar-refractivity contribution in [3.63, 3.8) is 0 Å². The second kappa shape index (κ2) is 13.2. The minimum atomic E-state index is -3.08. The molecule has 3 aliphatic heterocycles. The Morgan fingerprint density at radius 1 is 1.17 bits per heavy atom. The van der Waals surface area contributed by atoms with Crippen molar-refractivity contribution >= 4 is 40.6 Å². The number of carbonyl (C=O) groups is 2. The lowest BCUT2D eigenvalue weighted by molar-refractivity contribution is -0.133.